The first-order chi connectivity index (χ1) is 14.3. The Morgan fingerprint density at radius 2 is 2.00 bits per heavy atom. The topological polar surface area (TPSA) is 107 Å². The summed E-state index contributed by atoms with van der Waals surface area (Å²) < 4.78 is 0. The number of phenols is 1. The molecule has 0 radical (unpaired) electrons. The molecule has 0 spiro atoms. The first-order valence-electron chi connectivity index (χ1n) is 10.00. The van der Waals surface area contributed by atoms with Crippen LogP contribution < -0.4 is 5.56 Å². The molecule has 0 aliphatic carbocycles. The second-order valence-corrected chi connectivity index (χ2v) is 8.30. The van der Waals surface area contributed by atoms with E-state index in [1.807, 2.05) is 4.90 Å². The number of aryl methyl sites for hydroxylation is 1. The first kappa shape index (κ1) is 20.4. The lowest BCUT2D eigenvalue weighted by Crippen LogP contribution is -2.41. The third-order valence-corrected chi connectivity index (χ3v) is 6.21. The van der Waals surface area contributed by atoms with Crippen LogP contribution in [-0.2, 0) is 0 Å². The normalized spacial score (nSPS) is 21.3. The average Bonchev–Trinajstić information content (AvgIpc) is 3.37. The Kier molecular flexibility index (Phi) is 5.51. The minimum Gasteiger partial charge on any atom is -0.508 e. The molecule has 8 nitrogen and oxygen atoms in total. The molecule has 3 heterocycles. The number of nitrogens with zero attached hydrogens (tertiary/aromatic N) is 3. The number of benzene rings is 1. The molecule has 158 valence electrons. The molecule has 2 saturated heterocycles. The van der Waals surface area contributed by atoms with E-state index >= 15 is 0 Å². The van der Waals surface area contributed by atoms with Gasteiger partial charge in [0.25, 0.3) is 17.4 Å². The van der Waals surface area contributed by atoms with Gasteiger partial charge in [-0.3, -0.25) is 14.4 Å². The van der Waals surface area contributed by atoms with Crippen LogP contribution >= 0.6 is 11.6 Å². The van der Waals surface area contributed by atoms with Crippen molar-refractivity contribution in [3.63, 3.8) is 0 Å². The highest BCUT2D eigenvalue weighted by atomic mass is 35.5. The van der Waals surface area contributed by atoms with Gasteiger partial charge < -0.3 is 19.9 Å². The number of aromatic hydroxyl groups is 1. The zero-order valence-corrected chi connectivity index (χ0v) is 17.4. The molecule has 2 aliphatic rings. The van der Waals surface area contributed by atoms with Gasteiger partial charge in [-0.05, 0) is 50.3 Å². The molecule has 4 rings (SSSR count). The van der Waals surface area contributed by atoms with Crippen LogP contribution in [0, 0.1) is 12.8 Å². The fourth-order valence-corrected chi connectivity index (χ4v) is 4.70. The molecule has 2 N–H and O–H groups in total. The number of H-pyrrole nitrogens is 1. The minimum atomic E-state index is -0.350. The molecule has 0 bridgehead atoms. The van der Waals surface area contributed by atoms with E-state index < -0.39 is 0 Å². The van der Waals surface area contributed by atoms with Crippen LogP contribution in [0.4, 0.5) is 0 Å². The molecule has 2 unspecified atom stereocenters. The summed E-state index contributed by atoms with van der Waals surface area (Å²) >= 11 is 6.19. The molecule has 1 aromatic carbocycles. The molecular formula is C21H23ClN4O4. The lowest BCUT2D eigenvalue weighted by Gasteiger charge is -2.30. The van der Waals surface area contributed by atoms with E-state index in [1.54, 1.807) is 11.8 Å². The molecule has 30 heavy (non-hydrogen) atoms. The number of hydrogen-bond acceptors (Lipinski definition) is 5. The summed E-state index contributed by atoms with van der Waals surface area (Å²) in [5, 5.41) is 10.1. The maximum atomic E-state index is 13.1. The van der Waals surface area contributed by atoms with Crippen molar-refractivity contribution in [2.75, 3.05) is 19.6 Å². The summed E-state index contributed by atoms with van der Waals surface area (Å²) in [5.74, 6) is 0.0715. The van der Waals surface area contributed by atoms with Gasteiger partial charge >= 0.3 is 0 Å². The number of nitrogens with one attached hydrogen (secondary N) is 1. The number of hydrogen-bond donors (Lipinski definition) is 2. The van der Waals surface area contributed by atoms with Crippen molar-refractivity contribution in [3.8, 4) is 5.75 Å². The van der Waals surface area contributed by atoms with E-state index in [0.717, 1.165) is 19.3 Å². The van der Waals surface area contributed by atoms with E-state index in [2.05, 4.69) is 9.97 Å². The molecule has 9 heteroatoms. The van der Waals surface area contributed by atoms with E-state index in [4.69, 9.17) is 11.6 Å². The van der Waals surface area contributed by atoms with E-state index in [9.17, 15) is 19.5 Å². The minimum absolute atomic E-state index is 0.00240. The molecule has 2 aromatic rings. The SMILES string of the molecule is Cc1nc(C(=O)N2CCC(C3CCCN3C(=O)c3cc(O)ccc3Cl)C2)cc(=O)[nH]1. The fraction of sp³-hybridized carbons (Fsp3) is 0.429. The third-order valence-electron chi connectivity index (χ3n) is 5.88. The number of aromatic amines is 1. The Balaban J connectivity index is 1.49. The Morgan fingerprint density at radius 1 is 1.20 bits per heavy atom. The van der Waals surface area contributed by atoms with Gasteiger partial charge in [0.05, 0.1) is 10.6 Å². The summed E-state index contributed by atoms with van der Waals surface area (Å²) in [5.41, 5.74) is 0.0811. The highest BCUT2D eigenvalue weighted by Crippen LogP contribution is 2.33. The third kappa shape index (κ3) is 3.92. The Labute approximate surface area is 178 Å². The average molecular weight is 431 g/mol. The zero-order valence-electron chi connectivity index (χ0n) is 16.6. The van der Waals surface area contributed by atoms with Crippen molar-refractivity contribution in [2.24, 2.45) is 5.92 Å². The molecule has 2 fully saturated rings. The second-order valence-electron chi connectivity index (χ2n) is 7.89. The first-order valence-corrected chi connectivity index (χ1v) is 10.4. The van der Waals surface area contributed by atoms with Gasteiger partial charge in [0, 0.05) is 31.7 Å². The monoisotopic (exact) mass is 430 g/mol. The quantitative estimate of drug-likeness (QED) is 0.776. The number of phenolic OH excluding ortho intramolecular Hbond substituents is 1. The molecule has 0 saturated carbocycles. The number of amides is 2. The van der Waals surface area contributed by atoms with Crippen LogP contribution in [0.5, 0.6) is 5.75 Å². The van der Waals surface area contributed by atoms with E-state index in [-0.39, 0.29) is 46.3 Å². The molecular weight excluding hydrogens is 408 g/mol. The summed E-state index contributed by atoms with van der Waals surface area (Å²) in [6, 6.07) is 5.58. The standard InChI is InChI=1S/C21H23ClN4O4/c1-12-23-17(10-19(28)24-12)21(30)25-8-6-13(11-25)18-3-2-7-26(18)20(29)15-9-14(27)4-5-16(15)22/h4-5,9-10,13,18,27H,2-3,6-8,11H2,1H3,(H,23,24,28). The van der Waals surface area contributed by atoms with Crippen molar-refractivity contribution < 1.29 is 14.7 Å². The lowest BCUT2D eigenvalue weighted by atomic mass is 9.96. The Hall–Kier alpha value is -2.87. The number of aromatic nitrogens is 2. The summed E-state index contributed by atoms with van der Waals surface area (Å²) in [7, 11) is 0. The van der Waals surface area contributed by atoms with Crippen LogP contribution in [0.2, 0.25) is 5.02 Å². The molecule has 1 aromatic heterocycles. The van der Waals surface area contributed by atoms with Crippen molar-refractivity contribution in [1.82, 2.24) is 19.8 Å². The number of likely N-dealkylation sites (tertiary alicyclic amines) is 2. The number of carbonyl (C=O) groups is 2. The maximum absolute atomic E-state index is 13.1. The van der Waals surface area contributed by atoms with Crippen molar-refractivity contribution in [3.05, 3.63) is 56.7 Å². The highest BCUT2D eigenvalue weighted by Gasteiger charge is 2.40. The summed E-state index contributed by atoms with van der Waals surface area (Å²) in [6.07, 6.45) is 2.51. The van der Waals surface area contributed by atoms with Gasteiger partial charge in [0.2, 0.25) is 0 Å². The predicted octanol–water partition coefficient (Wildman–Crippen LogP) is 2.20. The summed E-state index contributed by atoms with van der Waals surface area (Å²) in [4.78, 5) is 47.8. The van der Waals surface area contributed by atoms with Crippen LogP contribution in [0.3, 0.4) is 0 Å². The summed E-state index contributed by atoms with van der Waals surface area (Å²) in [6.45, 7) is 3.32. The van der Waals surface area contributed by atoms with Crippen LogP contribution in [0.15, 0.2) is 29.1 Å². The van der Waals surface area contributed by atoms with Crippen molar-refractivity contribution in [1.29, 1.82) is 0 Å². The van der Waals surface area contributed by atoms with E-state index in [0.29, 0.717) is 30.5 Å². The van der Waals surface area contributed by atoms with Gasteiger partial charge in [0.15, 0.2) is 0 Å². The van der Waals surface area contributed by atoms with Crippen molar-refractivity contribution >= 4 is 23.4 Å². The van der Waals surface area contributed by atoms with E-state index in [1.165, 1.54) is 24.3 Å². The second kappa shape index (κ2) is 8.10. The zero-order chi connectivity index (χ0) is 21.4. The maximum Gasteiger partial charge on any atom is 0.272 e. The predicted molar refractivity (Wildman–Crippen MR) is 111 cm³/mol. The highest BCUT2D eigenvalue weighted by molar-refractivity contribution is 6.33. The number of halogens is 1. The van der Waals surface area contributed by atoms with Gasteiger partial charge in [-0.15, -0.1) is 0 Å². The Bertz CT molecular complexity index is 1050. The molecule has 2 amide bonds. The number of carbonyl (C=O) groups excluding carboxylic acids is 2. The van der Waals surface area contributed by atoms with Gasteiger partial charge in [-0.25, -0.2) is 4.98 Å². The number of rotatable bonds is 3. The Morgan fingerprint density at radius 3 is 2.77 bits per heavy atom. The van der Waals surface area contributed by atoms with Crippen molar-refractivity contribution in [2.45, 2.75) is 32.2 Å². The van der Waals surface area contributed by atoms with Gasteiger partial charge in [-0.2, -0.15) is 0 Å². The smallest absolute Gasteiger partial charge is 0.272 e. The lowest BCUT2D eigenvalue weighted by molar-refractivity contribution is 0.0680. The van der Waals surface area contributed by atoms with Gasteiger partial charge in [0.1, 0.15) is 17.3 Å². The molecule has 2 aliphatic heterocycles. The van der Waals surface area contributed by atoms with Crippen LogP contribution in [0.25, 0.3) is 0 Å². The molecule has 2 atom stereocenters. The fourth-order valence-electron chi connectivity index (χ4n) is 4.50. The van der Waals surface area contributed by atoms with Crippen LogP contribution in [-0.4, -0.2) is 62.4 Å². The van der Waals surface area contributed by atoms with Crippen LogP contribution in [0.1, 0.15) is 45.9 Å². The van der Waals surface area contributed by atoms with Gasteiger partial charge in [-0.1, -0.05) is 11.6 Å². The largest absolute Gasteiger partial charge is 0.508 e.